The van der Waals surface area contributed by atoms with Gasteiger partial charge in [0.15, 0.2) is 5.76 Å². The summed E-state index contributed by atoms with van der Waals surface area (Å²) in [6.07, 6.45) is 5.09. The van der Waals surface area contributed by atoms with Gasteiger partial charge in [-0.3, -0.25) is 4.79 Å². The van der Waals surface area contributed by atoms with Gasteiger partial charge < -0.3 is 9.73 Å². The number of amides is 1. The molecule has 0 aliphatic rings. The molecule has 0 fully saturated rings. The second-order valence-corrected chi connectivity index (χ2v) is 4.50. The van der Waals surface area contributed by atoms with Crippen LogP contribution in [-0.4, -0.2) is 12.5 Å². The van der Waals surface area contributed by atoms with E-state index in [4.69, 9.17) is 10.8 Å². The molecule has 17 heavy (non-hydrogen) atoms. The quantitative estimate of drug-likeness (QED) is 0.865. The van der Waals surface area contributed by atoms with E-state index in [1.807, 2.05) is 25.1 Å². The van der Waals surface area contributed by atoms with Crippen molar-refractivity contribution in [1.82, 2.24) is 5.32 Å². The lowest BCUT2D eigenvalue weighted by atomic mass is 10.1. The van der Waals surface area contributed by atoms with Gasteiger partial charge in [-0.15, -0.1) is 6.42 Å². The van der Waals surface area contributed by atoms with E-state index >= 15 is 0 Å². The van der Waals surface area contributed by atoms with Gasteiger partial charge in [0.05, 0.1) is 6.54 Å². The average molecular weight is 292 g/mol. The largest absolute Gasteiger partial charge is 0.451 e. The van der Waals surface area contributed by atoms with E-state index in [9.17, 15) is 4.79 Å². The number of rotatable bonds is 2. The van der Waals surface area contributed by atoms with Crippen LogP contribution in [-0.2, 0) is 0 Å². The number of terminal acetylenes is 1. The molecule has 3 nitrogen and oxygen atoms in total. The number of aryl methyl sites for hydroxylation is 1. The minimum Gasteiger partial charge on any atom is -0.451 e. The first kappa shape index (κ1) is 11.7. The van der Waals surface area contributed by atoms with E-state index in [1.165, 1.54) is 0 Å². The molecule has 0 saturated heterocycles. The standard InChI is InChI=1S/C13H10BrNO2/c1-3-6-15-13(16)12-8(2)10-7-9(14)4-5-11(10)17-12/h1,4-5,7H,6H2,2H3,(H,15,16). The molecule has 86 valence electrons. The first-order valence-electron chi connectivity index (χ1n) is 5.04. The monoisotopic (exact) mass is 291 g/mol. The van der Waals surface area contributed by atoms with Crippen molar-refractivity contribution in [3.8, 4) is 12.3 Å². The second kappa shape index (κ2) is 4.64. The molecule has 0 spiro atoms. The van der Waals surface area contributed by atoms with E-state index in [0.29, 0.717) is 11.3 Å². The van der Waals surface area contributed by atoms with Crippen molar-refractivity contribution >= 4 is 32.8 Å². The molecule has 0 aliphatic carbocycles. The number of halogens is 1. The molecular formula is C13H10BrNO2. The fourth-order valence-corrected chi connectivity index (χ4v) is 1.98. The summed E-state index contributed by atoms with van der Waals surface area (Å²) in [5.41, 5.74) is 1.51. The van der Waals surface area contributed by atoms with E-state index < -0.39 is 0 Å². The number of carbonyl (C=O) groups excluding carboxylic acids is 1. The van der Waals surface area contributed by atoms with Crippen LogP contribution in [0.1, 0.15) is 16.1 Å². The predicted molar refractivity (Wildman–Crippen MR) is 69.8 cm³/mol. The number of benzene rings is 1. The normalized spacial score (nSPS) is 10.2. The average Bonchev–Trinajstić information content (AvgIpc) is 2.64. The van der Waals surface area contributed by atoms with Gasteiger partial charge in [-0.05, 0) is 25.1 Å². The molecule has 1 amide bonds. The summed E-state index contributed by atoms with van der Waals surface area (Å²) in [6.45, 7) is 2.04. The van der Waals surface area contributed by atoms with Crippen molar-refractivity contribution in [3.05, 3.63) is 34.0 Å². The maximum atomic E-state index is 11.8. The Bertz CT molecular complexity index is 622. The Morgan fingerprint density at radius 1 is 1.59 bits per heavy atom. The second-order valence-electron chi connectivity index (χ2n) is 3.58. The maximum Gasteiger partial charge on any atom is 0.288 e. The van der Waals surface area contributed by atoms with Crippen LogP contribution in [0.4, 0.5) is 0 Å². The summed E-state index contributed by atoms with van der Waals surface area (Å²) < 4.78 is 6.46. The van der Waals surface area contributed by atoms with Crippen molar-refractivity contribution in [2.24, 2.45) is 0 Å². The van der Waals surface area contributed by atoms with Crippen molar-refractivity contribution in [2.45, 2.75) is 6.92 Å². The number of hydrogen-bond acceptors (Lipinski definition) is 2. The molecule has 0 aliphatic heterocycles. The summed E-state index contributed by atoms with van der Waals surface area (Å²) in [5.74, 6) is 2.38. The number of nitrogens with one attached hydrogen (secondary N) is 1. The zero-order valence-electron chi connectivity index (χ0n) is 9.21. The van der Waals surface area contributed by atoms with Crippen molar-refractivity contribution in [2.75, 3.05) is 6.54 Å². The number of furan rings is 1. The Morgan fingerprint density at radius 2 is 2.35 bits per heavy atom. The van der Waals surface area contributed by atoms with Gasteiger partial charge in [0.1, 0.15) is 5.58 Å². The molecule has 2 aromatic rings. The maximum absolute atomic E-state index is 11.8. The third-order valence-electron chi connectivity index (χ3n) is 2.46. The smallest absolute Gasteiger partial charge is 0.288 e. The van der Waals surface area contributed by atoms with Crippen LogP contribution in [0.25, 0.3) is 11.0 Å². The van der Waals surface area contributed by atoms with E-state index in [2.05, 4.69) is 27.2 Å². The van der Waals surface area contributed by atoms with Crippen LogP contribution in [0.3, 0.4) is 0 Å². The highest BCUT2D eigenvalue weighted by Gasteiger charge is 2.16. The summed E-state index contributed by atoms with van der Waals surface area (Å²) in [4.78, 5) is 11.8. The van der Waals surface area contributed by atoms with Gasteiger partial charge in [-0.25, -0.2) is 0 Å². The first-order valence-corrected chi connectivity index (χ1v) is 5.83. The SMILES string of the molecule is C#CCNC(=O)c1oc2ccc(Br)cc2c1C. The molecule has 0 saturated carbocycles. The van der Waals surface area contributed by atoms with Gasteiger partial charge in [0, 0.05) is 15.4 Å². The lowest BCUT2D eigenvalue weighted by molar-refractivity contribution is 0.0932. The fourth-order valence-electron chi connectivity index (χ4n) is 1.62. The molecule has 1 heterocycles. The summed E-state index contributed by atoms with van der Waals surface area (Å²) in [5, 5.41) is 3.51. The highest BCUT2D eigenvalue weighted by atomic mass is 79.9. The summed E-state index contributed by atoms with van der Waals surface area (Å²) in [7, 11) is 0. The Morgan fingerprint density at radius 3 is 3.06 bits per heavy atom. The minimum atomic E-state index is -0.284. The Hall–Kier alpha value is -1.73. The van der Waals surface area contributed by atoms with Crippen LogP contribution in [0.15, 0.2) is 27.1 Å². The lowest BCUT2D eigenvalue weighted by Crippen LogP contribution is -2.23. The molecule has 0 unspecified atom stereocenters. The zero-order valence-corrected chi connectivity index (χ0v) is 10.8. The van der Waals surface area contributed by atoms with Crippen LogP contribution >= 0.6 is 15.9 Å². The van der Waals surface area contributed by atoms with Crippen LogP contribution in [0.5, 0.6) is 0 Å². The van der Waals surface area contributed by atoms with Crippen LogP contribution < -0.4 is 5.32 Å². The number of hydrogen-bond donors (Lipinski definition) is 1. The van der Waals surface area contributed by atoms with Gasteiger partial charge in [-0.2, -0.15) is 0 Å². The van der Waals surface area contributed by atoms with Gasteiger partial charge >= 0.3 is 0 Å². The molecule has 2 rings (SSSR count). The van der Waals surface area contributed by atoms with Crippen molar-refractivity contribution in [3.63, 3.8) is 0 Å². The molecular weight excluding hydrogens is 282 g/mol. The topological polar surface area (TPSA) is 42.2 Å². The van der Waals surface area contributed by atoms with Gasteiger partial charge in [-0.1, -0.05) is 21.9 Å². The Labute approximate surface area is 107 Å². The van der Waals surface area contributed by atoms with Crippen LogP contribution in [0, 0.1) is 19.3 Å². The first-order chi connectivity index (χ1) is 8.13. The molecule has 1 aromatic carbocycles. The van der Waals surface area contributed by atoms with Gasteiger partial charge in [0.2, 0.25) is 0 Å². The lowest BCUT2D eigenvalue weighted by Gasteiger charge is -1.98. The molecule has 1 aromatic heterocycles. The number of carbonyl (C=O) groups is 1. The highest BCUT2D eigenvalue weighted by molar-refractivity contribution is 9.10. The molecule has 4 heteroatoms. The molecule has 0 atom stereocenters. The highest BCUT2D eigenvalue weighted by Crippen LogP contribution is 2.27. The molecule has 1 N–H and O–H groups in total. The predicted octanol–water partition coefficient (Wildman–Crippen LogP) is 2.87. The van der Waals surface area contributed by atoms with Crippen molar-refractivity contribution in [1.29, 1.82) is 0 Å². The zero-order chi connectivity index (χ0) is 12.4. The Kier molecular flexibility index (Phi) is 3.21. The Balaban J connectivity index is 2.46. The molecule has 0 radical (unpaired) electrons. The van der Waals surface area contributed by atoms with E-state index in [0.717, 1.165) is 15.4 Å². The van der Waals surface area contributed by atoms with E-state index in [-0.39, 0.29) is 12.5 Å². The van der Waals surface area contributed by atoms with E-state index in [1.54, 1.807) is 0 Å². The summed E-state index contributed by atoms with van der Waals surface area (Å²) in [6, 6.07) is 5.62. The number of fused-ring (bicyclic) bond motifs is 1. The third-order valence-corrected chi connectivity index (χ3v) is 2.95. The third kappa shape index (κ3) is 2.20. The van der Waals surface area contributed by atoms with Gasteiger partial charge in [0.25, 0.3) is 5.91 Å². The minimum absolute atomic E-state index is 0.193. The van der Waals surface area contributed by atoms with Crippen molar-refractivity contribution < 1.29 is 9.21 Å². The molecule has 0 bridgehead atoms. The van der Waals surface area contributed by atoms with Crippen LogP contribution in [0.2, 0.25) is 0 Å². The summed E-state index contributed by atoms with van der Waals surface area (Å²) >= 11 is 3.39. The fraction of sp³-hybridized carbons (Fsp3) is 0.154.